The molecule has 1 aliphatic rings. The van der Waals surface area contributed by atoms with E-state index in [1.807, 2.05) is 50.7 Å². The highest BCUT2D eigenvalue weighted by Crippen LogP contribution is 2.44. The number of carboxylic acid groups (broad SMARTS) is 1. The van der Waals surface area contributed by atoms with Crippen LogP contribution in [0.25, 0.3) is 11.0 Å². The number of hydrogen-bond donors (Lipinski definition) is 1. The van der Waals surface area contributed by atoms with Crippen LogP contribution in [-0.2, 0) is 24.4 Å². The summed E-state index contributed by atoms with van der Waals surface area (Å²) in [6.07, 6.45) is 4.68. The van der Waals surface area contributed by atoms with Crippen molar-refractivity contribution in [1.29, 1.82) is 0 Å². The molecule has 1 N–H and O–H groups in total. The van der Waals surface area contributed by atoms with E-state index in [9.17, 15) is 9.90 Å². The maximum atomic E-state index is 12.7. The molecule has 0 aliphatic carbocycles. The molecule has 2 atom stereocenters. The van der Waals surface area contributed by atoms with Gasteiger partial charge in [0.1, 0.15) is 17.4 Å². The van der Waals surface area contributed by atoms with Crippen molar-refractivity contribution in [1.82, 2.24) is 24.9 Å². The first-order valence-corrected chi connectivity index (χ1v) is 14.1. The van der Waals surface area contributed by atoms with Crippen molar-refractivity contribution in [2.45, 2.75) is 79.6 Å². The fourth-order valence-corrected chi connectivity index (χ4v) is 5.91. The average Bonchev–Trinajstić information content (AvgIpc) is 3.27. The summed E-state index contributed by atoms with van der Waals surface area (Å²) in [6.45, 7) is 15.0. The molecule has 0 fully saturated rings. The maximum absolute atomic E-state index is 12.7. The third-order valence-corrected chi connectivity index (χ3v) is 8.43. The standard InChI is InChI=1S/C32H39N5O3/c1-7-25-19-36(18-24-16-33-14-13-28(24)40-25)17-23-15-22(10-9-20(23)3)29(32(5,6)31(38)39)26-11-12-27-30(21(26)4)34-35-37(27)8-2/h9-16,25,29H,7-8,17-19H2,1-6H3,(H,38,39)/t25-,29+/m1/s1. The van der Waals surface area contributed by atoms with Crippen molar-refractivity contribution in [2.24, 2.45) is 5.41 Å². The van der Waals surface area contributed by atoms with E-state index < -0.39 is 11.4 Å². The normalized spacial score (nSPS) is 16.8. The first-order chi connectivity index (χ1) is 19.1. The molecular formula is C32H39N5O3. The lowest BCUT2D eigenvalue weighted by Gasteiger charge is -2.33. The SMILES string of the molecule is CC[C@@H]1CN(Cc2cc([C@@H](c3ccc4c(nnn4CC)c3C)C(C)(C)C(=O)O)ccc2C)Cc2cnccc2O1. The van der Waals surface area contributed by atoms with E-state index in [0.717, 1.165) is 71.6 Å². The number of nitrogens with zero attached hydrogens (tertiary/aromatic N) is 5. The van der Waals surface area contributed by atoms with Gasteiger partial charge in [-0.2, -0.15) is 0 Å². The van der Waals surface area contributed by atoms with Gasteiger partial charge in [-0.1, -0.05) is 36.4 Å². The van der Waals surface area contributed by atoms with E-state index in [1.165, 1.54) is 11.1 Å². The number of aryl methyl sites for hydroxylation is 3. The molecular weight excluding hydrogens is 502 g/mol. The quantitative estimate of drug-likeness (QED) is 0.298. The van der Waals surface area contributed by atoms with Crippen molar-refractivity contribution in [3.8, 4) is 5.75 Å². The number of benzene rings is 2. The molecule has 2 aromatic carbocycles. The molecule has 8 nitrogen and oxygen atoms in total. The highest BCUT2D eigenvalue weighted by Gasteiger charge is 2.40. The molecule has 4 aromatic rings. The Balaban J connectivity index is 1.56. The van der Waals surface area contributed by atoms with Crippen molar-refractivity contribution < 1.29 is 14.6 Å². The van der Waals surface area contributed by atoms with E-state index in [2.05, 4.69) is 58.3 Å². The summed E-state index contributed by atoms with van der Waals surface area (Å²) < 4.78 is 8.16. The van der Waals surface area contributed by atoms with Crippen molar-refractivity contribution >= 4 is 17.0 Å². The van der Waals surface area contributed by atoms with Crippen LogP contribution in [0.3, 0.4) is 0 Å². The van der Waals surface area contributed by atoms with Crippen LogP contribution in [0.5, 0.6) is 5.75 Å². The molecule has 0 spiro atoms. The third-order valence-electron chi connectivity index (χ3n) is 8.43. The molecule has 5 rings (SSSR count). The van der Waals surface area contributed by atoms with Crippen molar-refractivity contribution in [2.75, 3.05) is 6.54 Å². The van der Waals surface area contributed by atoms with Gasteiger partial charge in [-0.05, 0) is 81.0 Å². The van der Waals surface area contributed by atoms with Crippen LogP contribution in [0.4, 0.5) is 0 Å². The maximum Gasteiger partial charge on any atom is 0.310 e. The lowest BCUT2D eigenvalue weighted by molar-refractivity contribution is -0.147. The molecule has 2 aromatic heterocycles. The highest BCUT2D eigenvalue weighted by molar-refractivity contribution is 5.82. The largest absolute Gasteiger partial charge is 0.489 e. The Hall–Kier alpha value is -3.78. The Labute approximate surface area is 236 Å². The predicted octanol–water partition coefficient (Wildman–Crippen LogP) is 5.88. The Morgan fingerprint density at radius 2 is 1.98 bits per heavy atom. The molecule has 8 heteroatoms. The second-order valence-electron chi connectivity index (χ2n) is 11.5. The van der Waals surface area contributed by atoms with Crippen LogP contribution in [0, 0.1) is 19.3 Å². The number of carboxylic acids is 1. The van der Waals surface area contributed by atoms with Crippen molar-refractivity contribution in [3.63, 3.8) is 0 Å². The van der Waals surface area contributed by atoms with Gasteiger partial charge in [-0.15, -0.1) is 5.10 Å². The monoisotopic (exact) mass is 541 g/mol. The highest BCUT2D eigenvalue weighted by atomic mass is 16.5. The van der Waals surface area contributed by atoms with Crippen LogP contribution >= 0.6 is 0 Å². The zero-order chi connectivity index (χ0) is 28.6. The number of rotatable bonds is 8. The van der Waals surface area contributed by atoms with Crippen molar-refractivity contribution in [3.05, 3.63) is 82.2 Å². The molecule has 0 bridgehead atoms. The molecule has 40 heavy (non-hydrogen) atoms. The van der Waals surface area contributed by atoms with Crippen LogP contribution in [-0.4, -0.2) is 48.6 Å². The Morgan fingerprint density at radius 3 is 2.70 bits per heavy atom. The predicted molar refractivity (Wildman–Crippen MR) is 155 cm³/mol. The average molecular weight is 542 g/mol. The summed E-state index contributed by atoms with van der Waals surface area (Å²) in [6, 6.07) is 12.4. The van der Waals surface area contributed by atoms with Gasteiger partial charge in [0.05, 0.1) is 10.9 Å². The minimum Gasteiger partial charge on any atom is -0.489 e. The molecule has 210 valence electrons. The summed E-state index contributed by atoms with van der Waals surface area (Å²) >= 11 is 0. The molecule has 0 saturated carbocycles. The lowest BCUT2D eigenvalue weighted by atomic mass is 9.69. The molecule has 0 unspecified atom stereocenters. The van der Waals surface area contributed by atoms with E-state index in [1.54, 1.807) is 6.20 Å². The number of fused-ring (bicyclic) bond motifs is 2. The first-order valence-electron chi connectivity index (χ1n) is 14.1. The van der Waals surface area contributed by atoms with Gasteiger partial charge in [-0.3, -0.25) is 14.7 Å². The van der Waals surface area contributed by atoms with Gasteiger partial charge in [-0.25, -0.2) is 4.68 Å². The van der Waals surface area contributed by atoms with E-state index in [4.69, 9.17) is 4.74 Å². The molecule has 0 amide bonds. The Kier molecular flexibility index (Phi) is 7.64. The second kappa shape index (κ2) is 11.0. The molecule has 3 heterocycles. The van der Waals surface area contributed by atoms with Gasteiger partial charge in [0, 0.05) is 50.1 Å². The van der Waals surface area contributed by atoms with Crippen LogP contribution < -0.4 is 4.74 Å². The summed E-state index contributed by atoms with van der Waals surface area (Å²) in [7, 11) is 0. The van der Waals surface area contributed by atoms with E-state index >= 15 is 0 Å². The Morgan fingerprint density at radius 1 is 1.18 bits per heavy atom. The number of ether oxygens (including phenoxy) is 1. The second-order valence-corrected chi connectivity index (χ2v) is 11.5. The van der Waals surface area contributed by atoms with Gasteiger partial charge in [0.15, 0.2) is 0 Å². The third kappa shape index (κ3) is 5.08. The fourth-order valence-electron chi connectivity index (χ4n) is 5.91. The number of aromatic nitrogens is 4. The number of carbonyl (C=O) groups is 1. The lowest BCUT2D eigenvalue weighted by Crippen LogP contribution is -2.33. The topological polar surface area (TPSA) is 93.4 Å². The summed E-state index contributed by atoms with van der Waals surface area (Å²) in [4.78, 5) is 19.4. The number of aliphatic carboxylic acids is 1. The van der Waals surface area contributed by atoms with Gasteiger partial charge in [0.25, 0.3) is 0 Å². The first kappa shape index (κ1) is 27.8. The summed E-state index contributed by atoms with van der Waals surface area (Å²) in [5.41, 5.74) is 7.09. The summed E-state index contributed by atoms with van der Waals surface area (Å²) in [5, 5.41) is 19.1. The molecule has 0 saturated heterocycles. The zero-order valence-electron chi connectivity index (χ0n) is 24.3. The minimum absolute atomic E-state index is 0.0942. The fraction of sp³-hybridized carbons (Fsp3) is 0.438. The van der Waals surface area contributed by atoms with E-state index in [0.29, 0.717) is 0 Å². The number of pyridine rings is 1. The molecule has 0 radical (unpaired) electrons. The minimum atomic E-state index is -1.06. The van der Waals surface area contributed by atoms with Gasteiger partial charge in [0.2, 0.25) is 0 Å². The summed E-state index contributed by atoms with van der Waals surface area (Å²) in [5.74, 6) is -0.304. The van der Waals surface area contributed by atoms with Crippen LogP contribution in [0.15, 0.2) is 48.8 Å². The Bertz CT molecular complexity index is 1540. The van der Waals surface area contributed by atoms with E-state index in [-0.39, 0.29) is 12.0 Å². The smallest absolute Gasteiger partial charge is 0.310 e. The zero-order valence-corrected chi connectivity index (χ0v) is 24.3. The van der Waals surface area contributed by atoms with Gasteiger partial charge >= 0.3 is 5.97 Å². The molecule has 1 aliphatic heterocycles. The van der Waals surface area contributed by atoms with Crippen LogP contribution in [0.2, 0.25) is 0 Å². The van der Waals surface area contributed by atoms with Gasteiger partial charge < -0.3 is 9.84 Å². The van der Waals surface area contributed by atoms with Crippen LogP contribution in [0.1, 0.15) is 73.4 Å². The number of hydrogen-bond acceptors (Lipinski definition) is 6.